The molecule has 0 saturated heterocycles. The molecule has 0 radical (unpaired) electrons. The third-order valence-electron chi connectivity index (χ3n) is 6.70. The topological polar surface area (TPSA) is 0 Å². The van der Waals surface area contributed by atoms with Gasteiger partial charge in [0.15, 0.2) is 0 Å². The van der Waals surface area contributed by atoms with Crippen molar-refractivity contribution in [2.75, 3.05) is 0 Å². The number of hydrogen-bond donors (Lipinski definition) is 0. The summed E-state index contributed by atoms with van der Waals surface area (Å²) in [5.41, 5.74) is 13.8. The van der Waals surface area contributed by atoms with Crippen molar-refractivity contribution in [2.45, 2.75) is 61.8 Å². The molecule has 2 aromatic rings. The predicted molar refractivity (Wildman–Crippen MR) is 118 cm³/mol. The molecule has 0 saturated carbocycles. The first-order valence-corrected chi connectivity index (χ1v) is 13.0. The van der Waals surface area contributed by atoms with E-state index in [0.29, 0.717) is 5.92 Å². The van der Waals surface area contributed by atoms with Crippen LogP contribution in [0, 0.1) is 39.0 Å². The third kappa shape index (κ3) is 4.46. The van der Waals surface area contributed by atoms with Crippen LogP contribution >= 0.6 is 0 Å². The normalized spacial score (nSPS) is 16.6. The van der Waals surface area contributed by atoms with Crippen LogP contribution in [0.1, 0.15) is 61.1 Å². The predicted octanol–water partition coefficient (Wildman–Crippen LogP) is 0.713. The number of benzene rings is 2. The first-order valence-electron chi connectivity index (χ1n) is 10.5. The summed E-state index contributed by atoms with van der Waals surface area (Å²) in [6, 6.07) is 7.32. The monoisotopic (exact) mass is 516 g/mol. The van der Waals surface area contributed by atoms with E-state index in [4.69, 9.17) is 0 Å². The molecule has 4 rings (SSSR count). The smallest absolute Gasteiger partial charge is 1.00 e. The van der Waals surface area contributed by atoms with Crippen LogP contribution in [0.2, 0.25) is 0 Å². The van der Waals surface area contributed by atoms with Gasteiger partial charge in [-0.25, -0.2) is 0 Å². The fourth-order valence-corrected chi connectivity index (χ4v) is 8.39. The standard InChI is InChI=1S/C17H17.C10H15.2ClH.Zr/c1-10-5-14-9-15-6-11(2)13(4)8-17(15)16(14)7-12(10)3;1-8-5-6-9(7-8)10(2,3)4;;;/h5,7-8H,9H2,1-4H3;6-8H,1-4H3;2*1H;/q;;;;+2/p-2. The summed E-state index contributed by atoms with van der Waals surface area (Å²) in [5.74, 6) is 0.615. The Morgan fingerprint density at radius 3 is 2.07 bits per heavy atom. The van der Waals surface area contributed by atoms with E-state index in [0.717, 1.165) is 6.42 Å². The molecule has 0 spiro atoms. The van der Waals surface area contributed by atoms with Crippen LogP contribution < -0.4 is 28.1 Å². The zero-order valence-electron chi connectivity index (χ0n) is 19.4. The zero-order valence-corrected chi connectivity index (χ0v) is 23.4. The molecule has 0 amide bonds. The van der Waals surface area contributed by atoms with Gasteiger partial charge in [0.05, 0.1) is 0 Å². The molecule has 30 heavy (non-hydrogen) atoms. The Balaban J connectivity index is 0.00000160. The number of fused-ring (bicyclic) bond motifs is 3. The molecule has 1 atom stereocenters. The van der Waals surface area contributed by atoms with Crippen LogP contribution in [-0.2, 0) is 29.7 Å². The van der Waals surface area contributed by atoms with E-state index >= 15 is 0 Å². The summed E-state index contributed by atoms with van der Waals surface area (Å²) < 4.78 is 3.49. The van der Waals surface area contributed by atoms with E-state index in [2.05, 4.69) is 85.7 Å². The molecule has 0 N–H and O–H groups in total. The first-order chi connectivity index (χ1) is 13.1. The second-order valence-corrected chi connectivity index (χ2v) is 13.1. The molecular weight excluding hydrogens is 486 g/mol. The minimum Gasteiger partial charge on any atom is -1.00 e. The van der Waals surface area contributed by atoms with Crippen molar-refractivity contribution in [1.29, 1.82) is 0 Å². The van der Waals surface area contributed by atoms with Crippen LogP contribution in [0.5, 0.6) is 0 Å². The van der Waals surface area contributed by atoms with Gasteiger partial charge in [-0.2, -0.15) is 0 Å². The molecule has 3 heteroatoms. The second kappa shape index (κ2) is 9.09. The number of aryl methyl sites for hydroxylation is 3. The maximum absolute atomic E-state index is 2.56. The Labute approximate surface area is 207 Å². The van der Waals surface area contributed by atoms with Crippen molar-refractivity contribution in [3.63, 3.8) is 0 Å². The van der Waals surface area contributed by atoms with E-state index < -0.39 is 23.2 Å². The maximum Gasteiger partial charge on any atom is -1.00 e. The van der Waals surface area contributed by atoms with Crippen LogP contribution in [0.15, 0.2) is 39.2 Å². The van der Waals surface area contributed by atoms with Crippen molar-refractivity contribution >= 4 is 3.27 Å². The Bertz CT molecular complexity index is 1050. The number of halogens is 2. The van der Waals surface area contributed by atoms with Gasteiger partial charge in [-0.1, -0.05) is 0 Å². The van der Waals surface area contributed by atoms with Crippen LogP contribution in [-0.4, -0.2) is 0 Å². The summed E-state index contributed by atoms with van der Waals surface area (Å²) in [6.45, 7) is 18.6. The summed E-state index contributed by atoms with van der Waals surface area (Å²) >= 11 is -0.817. The van der Waals surface area contributed by atoms with Crippen molar-refractivity contribution in [3.8, 4) is 11.1 Å². The number of hydrogen-bond acceptors (Lipinski definition) is 0. The Hall–Kier alpha value is -0.617. The molecule has 0 nitrogen and oxygen atoms in total. The van der Waals surface area contributed by atoms with Gasteiger partial charge in [0, 0.05) is 0 Å². The third-order valence-corrected chi connectivity index (χ3v) is 11.2. The minimum atomic E-state index is -0.817. The zero-order chi connectivity index (χ0) is 20.4. The number of rotatable bonds is 2. The van der Waals surface area contributed by atoms with Gasteiger partial charge >= 0.3 is 183 Å². The van der Waals surface area contributed by atoms with E-state index in [-0.39, 0.29) is 30.2 Å². The molecule has 0 fully saturated rings. The molecule has 2 aliphatic carbocycles. The van der Waals surface area contributed by atoms with E-state index in [1.165, 1.54) is 39.0 Å². The summed E-state index contributed by atoms with van der Waals surface area (Å²) in [5, 5.41) is 0. The molecule has 0 aliphatic heterocycles. The average Bonchev–Trinajstić information content (AvgIpc) is 3.13. The molecule has 158 valence electrons. The minimum absolute atomic E-state index is 0. The van der Waals surface area contributed by atoms with E-state index in [9.17, 15) is 0 Å². The largest absolute Gasteiger partial charge is 1.00 e. The molecule has 0 heterocycles. The Kier molecular flexibility index (Phi) is 7.77. The van der Waals surface area contributed by atoms with Gasteiger partial charge < -0.3 is 24.8 Å². The summed E-state index contributed by atoms with van der Waals surface area (Å²) in [7, 11) is 0. The Morgan fingerprint density at radius 1 is 0.867 bits per heavy atom. The molecular formula is C27H32Cl2Zr. The Morgan fingerprint density at radius 2 is 1.47 bits per heavy atom. The van der Waals surface area contributed by atoms with Gasteiger partial charge in [0.1, 0.15) is 0 Å². The quantitative estimate of drug-likeness (QED) is 0.469. The first kappa shape index (κ1) is 25.6. The fraction of sp³-hybridized carbons (Fsp3) is 0.407. The van der Waals surface area contributed by atoms with Crippen molar-refractivity contribution in [3.05, 3.63) is 72.6 Å². The van der Waals surface area contributed by atoms with Crippen LogP contribution in [0.3, 0.4) is 0 Å². The molecule has 2 aliphatic rings. The van der Waals surface area contributed by atoms with Gasteiger partial charge in [-0.15, -0.1) is 0 Å². The number of allylic oxidation sites excluding steroid dienone is 4. The van der Waals surface area contributed by atoms with Gasteiger partial charge in [-0.3, -0.25) is 0 Å². The van der Waals surface area contributed by atoms with Crippen molar-refractivity contribution in [1.82, 2.24) is 0 Å². The molecule has 0 aromatic heterocycles. The average molecular weight is 519 g/mol. The van der Waals surface area contributed by atoms with Crippen LogP contribution in [0.4, 0.5) is 0 Å². The summed E-state index contributed by atoms with van der Waals surface area (Å²) in [4.78, 5) is 0. The molecule has 1 unspecified atom stereocenters. The SMILES string of the molecule is Cc1cc2c(cc1C)-c1cc(C)c(C)[c]([Zr+2][C]3=CC(C(C)(C)C)=CC3C)c1C2.[Cl-].[Cl-]. The maximum atomic E-state index is 2.56. The molecule has 2 aromatic carbocycles. The van der Waals surface area contributed by atoms with Crippen molar-refractivity contribution < 1.29 is 48.0 Å². The van der Waals surface area contributed by atoms with Crippen molar-refractivity contribution in [2.24, 2.45) is 11.3 Å². The fourth-order valence-electron chi connectivity index (χ4n) is 4.49. The second-order valence-electron chi connectivity index (χ2n) is 9.88. The summed E-state index contributed by atoms with van der Waals surface area (Å²) in [6.07, 6.45) is 6.20. The van der Waals surface area contributed by atoms with Crippen LogP contribution in [0.25, 0.3) is 11.1 Å². The van der Waals surface area contributed by atoms with Gasteiger partial charge in [0.2, 0.25) is 0 Å². The molecule has 0 bridgehead atoms. The van der Waals surface area contributed by atoms with E-state index in [1.54, 1.807) is 17.7 Å². The van der Waals surface area contributed by atoms with Gasteiger partial charge in [-0.05, 0) is 0 Å². The van der Waals surface area contributed by atoms with E-state index in [1.807, 2.05) is 0 Å². The van der Waals surface area contributed by atoms with Gasteiger partial charge in [0.25, 0.3) is 0 Å².